The van der Waals surface area contributed by atoms with Crippen LogP contribution < -0.4 is 21.4 Å². The van der Waals surface area contributed by atoms with Crippen molar-refractivity contribution < 1.29 is 9.59 Å². The molecule has 10 heteroatoms. The predicted octanol–water partition coefficient (Wildman–Crippen LogP) is 2.64. The van der Waals surface area contributed by atoms with Gasteiger partial charge in [0.05, 0.1) is 5.69 Å². The van der Waals surface area contributed by atoms with Crippen LogP contribution in [0.25, 0.3) is 16.9 Å². The standard InChI is InChI=1S/C23H20BClN6O2/c1-14(32)29-16-8-6-15(7-9-16)23(33)27-11-10-26-21-12-20(17-4-2-3-5-19(17)25)30-22-18(24)13-28-31(21)22/h2-9,12-13,26H,10-11H2,1H3,(H,27,33)(H,29,32). The number of hydrogen-bond acceptors (Lipinski definition) is 5. The monoisotopic (exact) mass is 458 g/mol. The van der Waals surface area contributed by atoms with Gasteiger partial charge >= 0.3 is 0 Å². The number of halogens is 1. The van der Waals surface area contributed by atoms with Crippen molar-refractivity contribution in [3.05, 3.63) is 71.4 Å². The van der Waals surface area contributed by atoms with Gasteiger partial charge in [0.25, 0.3) is 5.91 Å². The molecule has 0 atom stereocenters. The van der Waals surface area contributed by atoms with Crippen LogP contribution in [0.15, 0.2) is 60.8 Å². The van der Waals surface area contributed by atoms with E-state index in [1.54, 1.807) is 34.8 Å². The molecule has 0 aliphatic rings. The summed E-state index contributed by atoms with van der Waals surface area (Å²) in [5.41, 5.74) is 3.53. The van der Waals surface area contributed by atoms with Gasteiger partial charge in [-0.3, -0.25) is 9.59 Å². The molecule has 164 valence electrons. The minimum atomic E-state index is -0.217. The first-order valence-electron chi connectivity index (χ1n) is 10.2. The first-order valence-corrected chi connectivity index (χ1v) is 10.6. The maximum absolute atomic E-state index is 12.4. The molecule has 0 saturated heterocycles. The summed E-state index contributed by atoms with van der Waals surface area (Å²) in [4.78, 5) is 28.1. The van der Waals surface area contributed by atoms with Crippen LogP contribution in [-0.2, 0) is 4.79 Å². The van der Waals surface area contributed by atoms with Crippen molar-refractivity contribution in [1.29, 1.82) is 0 Å². The second-order valence-electron chi connectivity index (χ2n) is 7.28. The number of nitrogens with one attached hydrogen (secondary N) is 3. The highest BCUT2D eigenvalue weighted by molar-refractivity contribution is 6.36. The number of carbonyl (C=O) groups is 2. The topological polar surface area (TPSA) is 100 Å². The Labute approximate surface area is 196 Å². The van der Waals surface area contributed by atoms with Crippen molar-refractivity contribution in [2.75, 3.05) is 23.7 Å². The molecular weight excluding hydrogens is 439 g/mol. The number of aromatic nitrogens is 3. The van der Waals surface area contributed by atoms with Crippen LogP contribution in [0.4, 0.5) is 11.5 Å². The summed E-state index contributed by atoms with van der Waals surface area (Å²) < 4.78 is 1.61. The maximum Gasteiger partial charge on any atom is 0.251 e. The Hall–Kier alpha value is -3.85. The summed E-state index contributed by atoms with van der Waals surface area (Å²) in [7, 11) is 6.04. The Kier molecular flexibility index (Phi) is 6.60. The lowest BCUT2D eigenvalue weighted by Gasteiger charge is -2.12. The average molecular weight is 459 g/mol. The minimum Gasteiger partial charge on any atom is -0.368 e. The van der Waals surface area contributed by atoms with Gasteiger partial charge in [0.1, 0.15) is 13.7 Å². The number of carbonyl (C=O) groups excluding carboxylic acids is 2. The largest absolute Gasteiger partial charge is 0.368 e. The fourth-order valence-corrected chi connectivity index (χ4v) is 3.52. The molecule has 3 N–H and O–H groups in total. The van der Waals surface area contributed by atoms with Crippen molar-refractivity contribution in [1.82, 2.24) is 19.9 Å². The Balaban J connectivity index is 1.43. The quantitative estimate of drug-likeness (QED) is 0.292. The molecule has 4 rings (SSSR count). The molecule has 2 radical (unpaired) electrons. The third-order valence-corrected chi connectivity index (χ3v) is 5.16. The molecule has 4 aromatic rings. The fourth-order valence-electron chi connectivity index (χ4n) is 3.29. The van der Waals surface area contributed by atoms with Crippen molar-refractivity contribution in [3.8, 4) is 11.3 Å². The number of fused-ring (bicyclic) bond motifs is 1. The Morgan fingerprint density at radius 2 is 1.85 bits per heavy atom. The molecular formula is C23H20BClN6O2. The zero-order valence-electron chi connectivity index (χ0n) is 17.8. The first kappa shape index (κ1) is 22.4. The molecule has 0 fully saturated rings. The van der Waals surface area contributed by atoms with Crippen LogP contribution in [-0.4, -0.2) is 47.3 Å². The van der Waals surface area contributed by atoms with Gasteiger partial charge in [-0.05, 0) is 35.8 Å². The molecule has 33 heavy (non-hydrogen) atoms. The van der Waals surface area contributed by atoms with Crippen LogP contribution in [0.3, 0.4) is 0 Å². The fraction of sp³-hybridized carbons (Fsp3) is 0.130. The molecule has 2 aromatic carbocycles. The Bertz CT molecular complexity index is 1320. The zero-order valence-corrected chi connectivity index (χ0v) is 18.6. The second kappa shape index (κ2) is 9.75. The summed E-state index contributed by atoms with van der Waals surface area (Å²) in [6, 6.07) is 15.9. The van der Waals surface area contributed by atoms with E-state index < -0.39 is 0 Å². The third-order valence-electron chi connectivity index (χ3n) is 4.83. The van der Waals surface area contributed by atoms with Gasteiger partial charge in [-0.2, -0.15) is 9.61 Å². The molecule has 0 spiro atoms. The molecule has 2 amide bonds. The van der Waals surface area contributed by atoms with Crippen LogP contribution in [0, 0.1) is 0 Å². The number of benzene rings is 2. The number of nitrogens with zero attached hydrogens (tertiary/aromatic N) is 3. The van der Waals surface area contributed by atoms with Crippen molar-refractivity contribution in [3.63, 3.8) is 0 Å². The van der Waals surface area contributed by atoms with Gasteiger partial charge in [-0.25, -0.2) is 4.98 Å². The lowest BCUT2D eigenvalue weighted by Crippen LogP contribution is -2.29. The Morgan fingerprint density at radius 1 is 1.09 bits per heavy atom. The highest BCUT2D eigenvalue weighted by Crippen LogP contribution is 2.28. The van der Waals surface area contributed by atoms with E-state index in [0.717, 1.165) is 5.56 Å². The van der Waals surface area contributed by atoms with Crippen molar-refractivity contribution in [2.24, 2.45) is 0 Å². The van der Waals surface area contributed by atoms with Crippen LogP contribution in [0.2, 0.25) is 5.02 Å². The molecule has 2 heterocycles. The zero-order chi connectivity index (χ0) is 23.4. The molecule has 8 nitrogen and oxygen atoms in total. The van der Waals surface area contributed by atoms with E-state index in [0.29, 0.717) is 52.0 Å². The van der Waals surface area contributed by atoms with E-state index >= 15 is 0 Å². The smallest absolute Gasteiger partial charge is 0.251 e. The maximum atomic E-state index is 12.4. The number of rotatable bonds is 7. The lowest BCUT2D eigenvalue weighted by molar-refractivity contribution is -0.114. The highest BCUT2D eigenvalue weighted by atomic mass is 35.5. The number of amides is 2. The second-order valence-corrected chi connectivity index (χ2v) is 7.69. The van der Waals surface area contributed by atoms with Gasteiger partial charge in [-0.15, -0.1) is 0 Å². The van der Waals surface area contributed by atoms with Gasteiger partial charge in [-0.1, -0.05) is 29.8 Å². The highest BCUT2D eigenvalue weighted by Gasteiger charge is 2.12. The normalized spacial score (nSPS) is 10.7. The Morgan fingerprint density at radius 3 is 2.58 bits per heavy atom. The molecule has 0 unspecified atom stereocenters. The van der Waals surface area contributed by atoms with E-state index in [9.17, 15) is 9.59 Å². The molecule has 0 aliphatic carbocycles. The lowest BCUT2D eigenvalue weighted by atomic mass is 10.0. The van der Waals surface area contributed by atoms with Crippen LogP contribution in [0.1, 0.15) is 17.3 Å². The van der Waals surface area contributed by atoms with Gasteiger partial charge in [0.15, 0.2) is 5.65 Å². The summed E-state index contributed by atoms with van der Waals surface area (Å²) in [6.07, 6.45) is 1.54. The van der Waals surface area contributed by atoms with E-state index in [1.165, 1.54) is 13.1 Å². The molecule has 0 aliphatic heterocycles. The summed E-state index contributed by atoms with van der Waals surface area (Å²) in [5.74, 6) is 0.284. The van der Waals surface area contributed by atoms with Crippen molar-refractivity contribution in [2.45, 2.75) is 6.92 Å². The minimum absolute atomic E-state index is 0.167. The predicted molar refractivity (Wildman–Crippen MR) is 130 cm³/mol. The van der Waals surface area contributed by atoms with E-state index in [4.69, 9.17) is 19.4 Å². The summed E-state index contributed by atoms with van der Waals surface area (Å²) in [5, 5.41) is 13.7. The van der Waals surface area contributed by atoms with Gasteiger partial charge in [0, 0.05) is 54.1 Å². The van der Waals surface area contributed by atoms with Crippen molar-refractivity contribution >= 4 is 53.9 Å². The molecule has 0 saturated carbocycles. The average Bonchev–Trinajstić information content (AvgIpc) is 3.17. The number of hydrogen-bond donors (Lipinski definition) is 3. The van der Waals surface area contributed by atoms with E-state index in [2.05, 4.69) is 26.0 Å². The summed E-state index contributed by atoms with van der Waals surface area (Å²) in [6.45, 7) is 2.24. The third kappa shape index (κ3) is 5.15. The molecule has 2 aromatic heterocycles. The SMILES string of the molecule is [B]c1cnn2c(NCCNC(=O)c3ccc(NC(C)=O)cc3)cc(-c3ccccc3Cl)nc12. The van der Waals surface area contributed by atoms with Crippen LogP contribution >= 0.6 is 11.6 Å². The van der Waals surface area contributed by atoms with Gasteiger partial charge in [0.2, 0.25) is 5.91 Å². The summed E-state index contributed by atoms with van der Waals surface area (Å²) >= 11 is 6.35. The van der Waals surface area contributed by atoms with Crippen LogP contribution in [0.5, 0.6) is 0 Å². The first-order chi connectivity index (χ1) is 15.9. The van der Waals surface area contributed by atoms with E-state index in [1.807, 2.05) is 24.3 Å². The van der Waals surface area contributed by atoms with E-state index in [-0.39, 0.29) is 11.8 Å². The molecule has 0 bridgehead atoms. The van der Waals surface area contributed by atoms with Gasteiger partial charge < -0.3 is 16.0 Å². The number of anilines is 2.